The number of nitrogens with zero attached hydrogens (tertiary/aromatic N) is 3. The quantitative estimate of drug-likeness (QED) is 0.175. The third-order valence-corrected chi connectivity index (χ3v) is 9.28. The molecule has 6 nitrogen and oxygen atoms in total. The maximum Gasteiger partial charge on any atom is 0.154 e. The van der Waals surface area contributed by atoms with Crippen LogP contribution in [0, 0.1) is 0 Å². The minimum absolute atomic E-state index is 0. The summed E-state index contributed by atoms with van der Waals surface area (Å²) < 4.78 is 2.26. The van der Waals surface area contributed by atoms with Crippen LogP contribution < -0.4 is 16.8 Å². The predicted molar refractivity (Wildman–Crippen MR) is 189 cm³/mol. The van der Waals surface area contributed by atoms with Crippen LogP contribution in [0.1, 0.15) is 49.7 Å². The molecule has 0 saturated heterocycles. The maximum atomic E-state index is 6.68. The molecule has 0 spiro atoms. The van der Waals surface area contributed by atoms with E-state index in [1.54, 1.807) is 0 Å². The van der Waals surface area contributed by atoms with Gasteiger partial charge in [-0.1, -0.05) is 60.7 Å². The lowest BCUT2D eigenvalue weighted by Crippen LogP contribution is -2.43. The van der Waals surface area contributed by atoms with Crippen LogP contribution in [0.5, 0.6) is 0 Å². The Hall–Kier alpha value is -3.10. The Labute approximate surface area is 282 Å². The van der Waals surface area contributed by atoms with E-state index in [4.69, 9.17) is 21.4 Å². The summed E-state index contributed by atoms with van der Waals surface area (Å²) in [7, 11) is 0. The van der Waals surface area contributed by atoms with Crippen molar-refractivity contribution in [2.24, 2.45) is 11.5 Å². The second-order valence-corrected chi connectivity index (χ2v) is 11.7. The lowest BCUT2D eigenvalue weighted by atomic mass is 9.72. The Morgan fingerprint density at radius 1 is 0.659 bits per heavy atom. The smallest absolute Gasteiger partial charge is 0.154 e. The van der Waals surface area contributed by atoms with E-state index >= 15 is 0 Å². The van der Waals surface area contributed by atoms with Crippen molar-refractivity contribution in [3.63, 3.8) is 0 Å². The summed E-state index contributed by atoms with van der Waals surface area (Å²) in [5, 5.41) is 3.55. The van der Waals surface area contributed by atoms with Crippen LogP contribution in [0.25, 0.3) is 39.6 Å². The van der Waals surface area contributed by atoms with Gasteiger partial charge in [0, 0.05) is 34.0 Å². The first-order valence-electron chi connectivity index (χ1n) is 14.3. The van der Waals surface area contributed by atoms with Gasteiger partial charge in [-0.15, -0.1) is 49.6 Å². The van der Waals surface area contributed by atoms with Crippen molar-refractivity contribution in [1.29, 1.82) is 0 Å². The zero-order chi connectivity index (χ0) is 26.9. The van der Waals surface area contributed by atoms with Crippen molar-refractivity contribution in [2.45, 2.75) is 49.6 Å². The van der Waals surface area contributed by atoms with Gasteiger partial charge >= 0.3 is 0 Å². The number of imidazole rings is 1. The lowest BCUT2D eigenvalue weighted by Gasteiger charge is -2.38. The highest BCUT2D eigenvalue weighted by molar-refractivity contribution is 5.91. The van der Waals surface area contributed by atoms with Crippen LogP contribution in [0.4, 0.5) is 11.5 Å². The molecule has 0 amide bonds. The number of pyridine rings is 1. The van der Waals surface area contributed by atoms with Crippen LogP contribution in [-0.2, 0) is 11.1 Å². The van der Waals surface area contributed by atoms with Gasteiger partial charge in [0.05, 0.1) is 22.8 Å². The number of halogens is 4. The third kappa shape index (κ3) is 5.28. The molecular formula is C34H36Cl4N6. The fourth-order valence-electron chi connectivity index (χ4n) is 6.50. The average Bonchev–Trinajstić information content (AvgIpc) is 3.29. The van der Waals surface area contributed by atoms with E-state index in [2.05, 4.69) is 82.7 Å². The Bertz CT molecular complexity index is 1760. The van der Waals surface area contributed by atoms with Crippen LogP contribution >= 0.6 is 49.6 Å². The Kier molecular flexibility index (Phi) is 9.77. The van der Waals surface area contributed by atoms with Gasteiger partial charge in [0.1, 0.15) is 5.82 Å². The lowest BCUT2D eigenvalue weighted by molar-refractivity contribution is 0.253. The van der Waals surface area contributed by atoms with Gasteiger partial charge in [-0.25, -0.2) is 9.97 Å². The van der Waals surface area contributed by atoms with Crippen molar-refractivity contribution in [3.05, 3.63) is 102 Å². The molecule has 2 aromatic heterocycles. The molecular weight excluding hydrogens is 634 g/mol. The molecule has 3 aromatic carbocycles. The van der Waals surface area contributed by atoms with Crippen LogP contribution in [0.2, 0.25) is 0 Å². The highest BCUT2D eigenvalue weighted by Crippen LogP contribution is 2.46. The summed E-state index contributed by atoms with van der Waals surface area (Å²) >= 11 is 0. The normalized spacial score (nSPS) is 16.1. The van der Waals surface area contributed by atoms with E-state index in [0.29, 0.717) is 0 Å². The molecule has 10 heteroatoms. The van der Waals surface area contributed by atoms with Crippen molar-refractivity contribution in [1.82, 2.24) is 14.5 Å². The van der Waals surface area contributed by atoms with Gasteiger partial charge < -0.3 is 16.8 Å². The second kappa shape index (κ2) is 12.7. The number of rotatable bonds is 4. The Morgan fingerprint density at radius 2 is 1.23 bits per heavy atom. The first-order chi connectivity index (χ1) is 19.5. The molecule has 5 N–H and O–H groups in total. The van der Waals surface area contributed by atoms with E-state index in [9.17, 15) is 0 Å². The number of aromatic nitrogens is 3. The number of para-hydroxylation sites is 1. The van der Waals surface area contributed by atoms with E-state index in [1.165, 1.54) is 24.0 Å². The molecule has 8 rings (SSSR count). The fourth-order valence-corrected chi connectivity index (χ4v) is 6.50. The number of fused-ring (bicyclic) bond motifs is 5. The van der Waals surface area contributed by atoms with E-state index in [-0.39, 0.29) is 60.7 Å². The molecule has 2 fully saturated rings. The summed E-state index contributed by atoms with van der Waals surface area (Å²) in [5.41, 5.74) is 22.5. The van der Waals surface area contributed by atoms with Gasteiger partial charge in [-0.3, -0.25) is 4.57 Å². The van der Waals surface area contributed by atoms with Crippen molar-refractivity contribution in [3.8, 4) is 39.6 Å². The first-order valence-corrected chi connectivity index (χ1v) is 14.3. The molecule has 230 valence electrons. The monoisotopic (exact) mass is 668 g/mol. The molecule has 0 unspecified atom stereocenters. The van der Waals surface area contributed by atoms with Crippen LogP contribution in [0.15, 0.2) is 91.1 Å². The van der Waals surface area contributed by atoms with E-state index in [0.717, 1.165) is 76.8 Å². The molecule has 5 aromatic rings. The topological polar surface area (TPSA) is 94.8 Å². The summed E-state index contributed by atoms with van der Waals surface area (Å²) in [4.78, 5) is 10.1. The molecule has 3 heterocycles. The molecule has 1 aliphatic heterocycles. The SMILES string of the molecule is Cl.Cl.Cl.Cl.NC1(c2ccc(-c3nc4n(c3-c3ccc(C5(N)CCC5)cc3)-c3cccnc3Nc3ccccc3-4)cc2)CCC1. The van der Waals surface area contributed by atoms with Gasteiger partial charge in [-0.2, -0.15) is 0 Å². The van der Waals surface area contributed by atoms with Crippen LogP contribution in [-0.4, -0.2) is 14.5 Å². The molecule has 44 heavy (non-hydrogen) atoms. The van der Waals surface area contributed by atoms with Gasteiger partial charge in [0.25, 0.3) is 0 Å². The number of nitrogens with two attached hydrogens (primary N) is 2. The summed E-state index contributed by atoms with van der Waals surface area (Å²) in [6.07, 6.45) is 8.36. The summed E-state index contributed by atoms with van der Waals surface area (Å²) in [6, 6.07) is 29.9. The summed E-state index contributed by atoms with van der Waals surface area (Å²) in [6.45, 7) is 0. The number of hydrogen-bond acceptors (Lipinski definition) is 5. The van der Waals surface area contributed by atoms with Crippen LogP contribution in [0.3, 0.4) is 0 Å². The largest absolute Gasteiger partial charge is 0.338 e. The third-order valence-electron chi connectivity index (χ3n) is 9.28. The zero-order valence-corrected chi connectivity index (χ0v) is 27.3. The zero-order valence-electron chi connectivity index (χ0n) is 24.0. The van der Waals surface area contributed by atoms with Crippen molar-refractivity contribution >= 4 is 61.1 Å². The molecule has 0 bridgehead atoms. The number of hydrogen-bond donors (Lipinski definition) is 3. The number of benzene rings is 3. The maximum absolute atomic E-state index is 6.68. The molecule has 2 saturated carbocycles. The number of nitrogens with one attached hydrogen (secondary N) is 1. The van der Waals surface area contributed by atoms with Gasteiger partial charge in [0.15, 0.2) is 5.82 Å². The Morgan fingerprint density at radius 3 is 1.80 bits per heavy atom. The average molecular weight is 671 g/mol. The Balaban J connectivity index is 0.00000110. The van der Waals surface area contributed by atoms with Crippen molar-refractivity contribution in [2.75, 3.05) is 5.32 Å². The second-order valence-electron chi connectivity index (χ2n) is 11.7. The number of anilines is 2. The highest BCUT2D eigenvalue weighted by atomic mass is 35.5. The minimum Gasteiger partial charge on any atom is -0.338 e. The van der Waals surface area contributed by atoms with Crippen molar-refractivity contribution < 1.29 is 0 Å². The van der Waals surface area contributed by atoms with E-state index < -0.39 is 0 Å². The van der Waals surface area contributed by atoms with Gasteiger partial charge in [-0.05, 0) is 73.9 Å². The molecule has 2 aliphatic carbocycles. The minimum atomic E-state index is -0.204. The molecule has 0 atom stereocenters. The standard InChI is InChI=1S/C34H32N6.4ClH/c35-33(17-4-18-33)24-13-9-22(10-14-24)29-30(23-11-15-25(16-12-23)34(36)19-5-20-34)40-28-8-3-21-37-31(28)38-27-7-2-1-6-26(27)32(40)39-29;;;;/h1-3,6-16,21H,4-5,17-20,35-36H2,(H,37,38);4*1H. The molecule has 3 aliphatic rings. The molecule has 0 radical (unpaired) electrons. The highest BCUT2D eigenvalue weighted by Gasteiger charge is 2.36. The summed E-state index contributed by atoms with van der Waals surface area (Å²) in [5.74, 6) is 1.69. The first kappa shape index (κ1) is 33.8. The van der Waals surface area contributed by atoms with Gasteiger partial charge in [0.2, 0.25) is 0 Å². The predicted octanol–water partition coefficient (Wildman–Crippen LogP) is 8.69. The van der Waals surface area contributed by atoms with E-state index in [1.807, 2.05) is 18.3 Å². The fraction of sp³-hybridized carbons (Fsp3) is 0.235.